The predicted octanol–water partition coefficient (Wildman–Crippen LogP) is 2.46. The summed E-state index contributed by atoms with van der Waals surface area (Å²) in [5.74, 6) is 0. The molecule has 1 atom stereocenters. The lowest BCUT2D eigenvalue weighted by atomic mass is 9.93. The van der Waals surface area contributed by atoms with Gasteiger partial charge in [0.2, 0.25) is 0 Å². The van der Waals surface area contributed by atoms with Crippen molar-refractivity contribution in [1.82, 2.24) is 0 Å². The first-order valence-electron chi connectivity index (χ1n) is 6.17. The summed E-state index contributed by atoms with van der Waals surface area (Å²) >= 11 is 0. The third kappa shape index (κ3) is 1.65. The second-order valence-corrected chi connectivity index (χ2v) is 5.14. The maximum absolute atomic E-state index is 10.1. The maximum atomic E-state index is 10.1. The Morgan fingerprint density at radius 2 is 1.78 bits per heavy atom. The molecular weight excluding hydrogens is 224 g/mol. The van der Waals surface area contributed by atoms with E-state index in [-0.39, 0.29) is 6.61 Å². The molecule has 2 nitrogen and oxygen atoms in total. The molecule has 0 unspecified atom stereocenters. The molecule has 2 N–H and O–H groups in total. The number of aliphatic hydroxyl groups excluding tert-OH is 1. The van der Waals surface area contributed by atoms with Crippen molar-refractivity contribution < 1.29 is 10.2 Å². The third-order valence-electron chi connectivity index (χ3n) is 3.72. The molecule has 2 heteroatoms. The normalized spacial score (nSPS) is 15.9. The van der Waals surface area contributed by atoms with Gasteiger partial charge in [-0.25, -0.2) is 0 Å². The Labute approximate surface area is 107 Å². The molecular formula is C16H16O2. The molecule has 18 heavy (non-hydrogen) atoms. The first-order chi connectivity index (χ1) is 8.62. The predicted molar refractivity (Wildman–Crippen MR) is 71.3 cm³/mol. The van der Waals surface area contributed by atoms with Crippen molar-refractivity contribution in [3.05, 3.63) is 59.2 Å². The standard InChI is InChI=1S/C16H16O2/c1-16(18,10-17)13-6-7-15-12(9-13)8-11-4-2-3-5-14(11)15/h2-7,9,17-18H,8,10H2,1H3/t16-/m0/s1. The molecule has 2 aromatic rings. The lowest BCUT2D eigenvalue weighted by Crippen LogP contribution is -2.25. The molecule has 0 aromatic heterocycles. The zero-order valence-electron chi connectivity index (χ0n) is 10.4. The Kier molecular flexibility index (Phi) is 2.51. The molecule has 1 aliphatic rings. The van der Waals surface area contributed by atoms with E-state index in [1.54, 1.807) is 6.92 Å². The van der Waals surface area contributed by atoms with E-state index < -0.39 is 5.60 Å². The second-order valence-electron chi connectivity index (χ2n) is 5.14. The minimum absolute atomic E-state index is 0.265. The van der Waals surface area contributed by atoms with Crippen molar-refractivity contribution in [2.24, 2.45) is 0 Å². The van der Waals surface area contributed by atoms with Crippen molar-refractivity contribution in [3.8, 4) is 11.1 Å². The summed E-state index contributed by atoms with van der Waals surface area (Å²) in [4.78, 5) is 0. The first kappa shape index (κ1) is 11.5. The molecule has 0 spiro atoms. The van der Waals surface area contributed by atoms with Gasteiger partial charge in [0.15, 0.2) is 0 Å². The van der Waals surface area contributed by atoms with E-state index in [1.165, 1.54) is 22.3 Å². The fraction of sp³-hybridized carbons (Fsp3) is 0.250. The highest BCUT2D eigenvalue weighted by Crippen LogP contribution is 2.38. The summed E-state index contributed by atoms with van der Waals surface area (Å²) < 4.78 is 0. The molecule has 0 bridgehead atoms. The Morgan fingerprint density at radius 3 is 2.56 bits per heavy atom. The highest BCUT2D eigenvalue weighted by molar-refractivity contribution is 5.77. The van der Waals surface area contributed by atoms with E-state index in [4.69, 9.17) is 0 Å². The summed E-state index contributed by atoms with van der Waals surface area (Å²) in [6.45, 7) is 1.37. The topological polar surface area (TPSA) is 40.5 Å². The van der Waals surface area contributed by atoms with E-state index in [1.807, 2.05) is 24.3 Å². The SMILES string of the molecule is C[C@](O)(CO)c1ccc2c(c1)Cc1ccccc1-2. The van der Waals surface area contributed by atoms with Crippen LogP contribution >= 0.6 is 0 Å². The molecule has 3 rings (SSSR count). The summed E-state index contributed by atoms with van der Waals surface area (Å²) in [6, 6.07) is 14.3. The summed E-state index contributed by atoms with van der Waals surface area (Å²) in [5, 5.41) is 19.3. The molecule has 0 amide bonds. The van der Waals surface area contributed by atoms with Gasteiger partial charge in [-0.15, -0.1) is 0 Å². The van der Waals surface area contributed by atoms with Gasteiger partial charge in [0.05, 0.1) is 6.61 Å². The maximum Gasteiger partial charge on any atom is 0.110 e. The average molecular weight is 240 g/mol. The van der Waals surface area contributed by atoms with Crippen molar-refractivity contribution in [3.63, 3.8) is 0 Å². The smallest absolute Gasteiger partial charge is 0.110 e. The minimum Gasteiger partial charge on any atom is -0.393 e. The van der Waals surface area contributed by atoms with Gasteiger partial charge in [-0.2, -0.15) is 0 Å². The summed E-state index contributed by atoms with van der Waals surface area (Å²) in [6.07, 6.45) is 0.904. The van der Waals surface area contributed by atoms with Crippen molar-refractivity contribution >= 4 is 0 Å². The number of hydrogen-bond donors (Lipinski definition) is 2. The van der Waals surface area contributed by atoms with Crippen LogP contribution in [-0.2, 0) is 12.0 Å². The molecule has 0 aliphatic heterocycles. The number of aliphatic hydroxyl groups is 2. The molecule has 0 saturated carbocycles. The number of benzene rings is 2. The number of rotatable bonds is 2. The van der Waals surface area contributed by atoms with E-state index in [0.29, 0.717) is 0 Å². The van der Waals surface area contributed by atoms with Crippen LogP contribution in [0.5, 0.6) is 0 Å². The largest absolute Gasteiger partial charge is 0.393 e. The minimum atomic E-state index is -1.16. The van der Waals surface area contributed by atoms with E-state index in [0.717, 1.165) is 12.0 Å². The van der Waals surface area contributed by atoms with Gasteiger partial charge in [0, 0.05) is 0 Å². The van der Waals surface area contributed by atoms with Gasteiger partial charge >= 0.3 is 0 Å². The Balaban J connectivity index is 2.09. The molecule has 92 valence electrons. The van der Waals surface area contributed by atoms with Gasteiger partial charge in [0.1, 0.15) is 5.60 Å². The monoisotopic (exact) mass is 240 g/mol. The fourth-order valence-electron chi connectivity index (χ4n) is 2.57. The van der Waals surface area contributed by atoms with Crippen LogP contribution in [0.1, 0.15) is 23.6 Å². The van der Waals surface area contributed by atoms with Crippen molar-refractivity contribution in [2.45, 2.75) is 18.9 Å². The first-order valence-corrected chi connectivity index (χ1v) is 6.17. The molecule has 0 heterocycles. The third-order valence-corrected chi connectivity index (χ3v) is 3.72. The van der Waals surface area contributed by atoms with Crippen LogP contribution in [-0.4, -0.2) is 16.8 Å². The van der Waals surface area contributed by atoms with Crippen LogP contribution in [0, 0.1) is 0 Å². The van der Waals surface area contributed by atoms with Crippen LogP contribution < -0.4 is 0 Å². The Morgan fingerprint density at radius 1 is 1.06 bits per heavy atom. The van der Waals surface area contributed by atoms with E-state index in [2.05, 4.69) is 18.2 Å². The van der Waals surface area contributed by atoms with E-state index in [9.17, 15) is 10.2 Å². The summed E-state index contributed by atoms with van der Waals surface area (Å²) in [7, 11) is 0. The van der Waals surface area contributed by atoms with Gasteiger partial charge < -0.3 is 10.2 Å². The van der Waals surface area contributed by atoms with Crippen LogP contribution in [0.2, 0.25) is 0 Å². The van der Waals surface area contributed by atoms with Gasteiger partial charge in [0.25, 0.3) is 0 Å². The highest BCUT2D eigenvalue weighted by atomic mass is 16.3. The fourth-order valence-corrected chi connectivity index (χ4v) is 2.57. The van der Waals surface area contributed by atoms with E-state index >= 15 is 0 Å². The van der Waals surface area contributed by atoms with Gasteiger partial charge in [-0.05, 0) is 41.2 Å². The Bertz CT molecular complexity index is 600. The average Bonchev–Trinajstić information content (AvgIpc) is 2.76. The molecule has 0 radical (unpaired) electrons. The second kappa shape index (κ2) is 3.94. The van der Waals surface area contributed by atoms with Gasteiger partial charge in [-0.1, -0.05) is 42.5 Å². The molecule has 1 aliphatic carbocycles. The van der Waals surface area contributed by atoms with Gasteiger partial charge in [-0.3, -0.25) is 0 Å². The number of hydrogen-bond acceptors (Lipinski definition) is 2. The van der Waals surface area contributed by atoms with Crippen molar-refractivity contribution in [1.29, 1.82) is 0 Å². The highest BCUT2D eigenvalue weighted by Gasteiger charge is 2.25. The van der Waals surface area contributed by atoms with Crippen LogP contribution in [0.25, 0.3) is 11.1 Å². The number of fused-ring (bicyclic) bond motifs is 3. The van der Waals surface area contributed by atoms with Crippen LogP contribution in [0.15, 0.2) is 42.5 Å². The molecule has 2 aromatic carbocycles. The lowest BCUT2D eigenvalue weighted by Gasteiger charge is -2.21. The lowest BCUT2D eigenvalue weighted by molar-refractivity contribution is -0.00231. The van der Waals surface area contributed by atoms with Crippen LogP contribution in [0.3, 0.4) is 0 Å². The zero-order valence-corrected chi connectivity index (χ0v) is 10.4. The van der Waals surface area contributed by atoms with Crippen molar-refractivity contribution in [2.75, 3.05) is 6.61 Å². The van der Waals surface area contributed by atoms with Crippen LogP contribution in [0.4, 0.5) is 0 Å². The quantitative estimate of drug-likeness (QED) is 0.722. The zero-order chi connectivity index (χ0) is 12.8. The molecule has 0 saturated heterocycles. The Hall–Kier alpha value is -1.64. The molecule has 0 fully saturated rings. The summed E-state index contributed by atoms with van der Waals surface area (Å²) in [5.41, 5.74) is 4.68.